The number of imidazole rings is 1. The van der Waals surface area contributed by atoms with Gasteiger partial charge in [-0.15, -0.1) is 0 Å². The summed E-state index contributed by atoms with van der Waals surface area (Å²) in [5.41, 5.74) is 2.53. The van der Waals surface area contributed by atoms with Gasteiger partial charge >= 0.3 is 6.16 Å². The zero-order valence-corrected chi connectivity index (χ0v) is 17.4. The van der Waals surface area contributed by atoms with Crippen molar-refractivity contribution in [3.63, 3.8) is 0 Å². The van der Waals surface area contributed by atoms with E-state index in [0.717, 1.165) is 68.2 Å². The summed E-state index contributed by atoms with van der Waals surface area (Å²) < 4.78 is 7.01. The molecule has 1 fully saturated rings. The van der Waals surface area contributed by atoms with Gasteiger partial charge in [-0.2, -0.15) is 0 Å². The molecule has 1 aliphatic rings. The molecule has 156 valence electrons. The van der Waals surface area contributed by atoms with Crippen molar-refractivity contribution < 1.29 is 19.4 Å². The zero-order valence-electron chi connectivity index (χ0n) is 16.6. The fraction of sp³-hybridized carbons (Fsp3) is 0.500. The summed E-state index contributed by atoms with van der Waals surface area (Å²) in [6, 6.07) is 8.12. The number of carbonyl (C=O) groups is 2. The molecule has 0 spiro atoms. The van der Waals surface area contributed by atoms with Crippen molar-refractivity contribution in [2.75, 3.05) is 0 Å². The van der Waals surface area contributed by atoms with Crippen LogP contribution in [-0.2, 0) is 17.7 Å². The Balaban J connectivity index is 1.79. The summed E-state index contributed by atoms with van der Waals surface area (Å²) >= 11 is 6.15. The van der Waals surface area contributed by atoms with Gasteiger partial charge in [0.05, 0.1) is 0 Å². The van der Waals surface area contributed by atoms with Gasteiger partial charge in [0.2, 0.25) is 0 Å². The lowest BCUT2D eigenvalue weighted by Gasteiger charge is -2.30. The van der Waals surface area contributed by atoms with E-state index < -0.39 is 6.16 Å². The van der Waals surface area contributed by atoms with E-state index in [2.05, 4.69) is 11.9 Å². The van der Waals surface area contributed by atoms with E-state index in [0.29, 0.717) is 12.2 Å². The Morgan fingerprint density at radius 3 is 2.69 bits per heavy atom. The molecule has 29 heavy (non-hydrogen) atoms. The Hall–Kier alpha value is -2.34. The lowest BCUT2D eigenvalue weighted by Crippen LogP contribution is -2.28. The predicted octanol–water partition coefficient (Wildman–Crippen LogP) is 5.46. The van der Waals surface area contributed by atoms with Gasteiger partial charge in [-0.1, -0.05) is 55.6 Å². The minimum Gasteiger partial charge on any atom is -0.450 e. The first-order chi connectivity index (χ1) is 14.0. The van der Waals surface area contributed by atoms with Crippen LogP contribution < -0.4 is 0 Å². The van der Waals surface area contributed by atoms with Crippen LogP contribution in [0.15, 0.2) is 24.3 Å². The first kappa shape index (κ1) is 21.4. The Labute approximate surface area is 175 Å². The largest absolute Gasteiger partial charge is 0.506 e. The van der Waals surface area contributed by atoms with E-state index >= 15 is 0 Å². The highest BCUT2D eigenvalue weighted by Crippen LogP contribution is 2.35. The molecule has 0 bridgehead atoms. The number of aldehydes is 1. The van der Waals surface area contributed by atoms with Crippen LogP contribution in [0.25, 0.3) is 0 Å². The summed E-state index contributed by atoms with van der Waals surface area (Å²) in [6.45, 7) is 2.63. The number of carbonyl (C=O) groups excluding carboxylic acids is 1. The molecule has 2 atom stereocenters. The van der Waals surface area contributed by atoms with E-state index in [1.165, 1.54) is 0 Å². The summed E-state index contributed by atoms with van der Waals surface area (Å²) in [5.74, 6) is 0.910. The topological polar surface area (TPSA) is 81.4 Å². The summed E-state index contributed by atoms with van der Waals surface area (Å²) in [7, 11) is 0. The summed E-state index contributed by atoms with van der Waals surface area (Å²) in [5, 5.41) is 9.26. The minimum absolute atomic E-state index is 0.0854. The molecule has 0 radical (unpaired) electrons. The van der Waals surface area contributed by atoms with Crippen molar-refractivity contribution in [3.05, 3.63) is 52.1 Å². The maximum atomic E-state index is 11.5. The average Bonchev–Trinajstić information content (AvgIpc) is 3.01. The first-order valence-electron chi connectivity index (χ1n) is 10.2. The monoisotopic (exact) mass is 418 g/mol. The number of nitrogens with zero attached hydrogens (tertiary/aromatic N) is 2. The van der Waals surface area contributed by atoms with E-state index in [-0.39, 0.29) is 17.2 Å². The van der Waals surface area contributed by atoms with Crippen LogP contribution >= 0.6 is 11.6 Å². The summed E-state index contributed by atoms with van der Waals surface area (Å²) in [4.78, 5) is 26.9. The number of rotatable bonds is 8. The molecule has 0 unspecified atom stereocenters. The molecule has 0 aliphatic heterocycles. The molecule has 6 nitrogen and oxygen atoms in total. The lowest BCUT2D eigenvalue weighted by atomic mass is 9.81. The predicted molar refractivity (Wildman–Crippen MR) is 111 cm³/mol. The SMILES string of the molecule is CCCCc1nc(Cl)c(C=O)n1Cc1ccc([C@@H]2CCCC[C@H]2OC(=O)O)cc1. The summed E-state index contributed by atoms with van der Waals surface area (Å²) in [6.07, 6.45) is 5.80. The molecule has 1 N–H and O–H groups in total. The highest BCUT2D eigenvalue weighted by molar-refractivity contribution is 6.31. The molecule has 1 saturated carbocycles. The second-order valence-corrected chi connectivity index (χ2v) is 7.92. The molecular weight excluding hydrogens is 392 g/mol. The van der Waals surface area contributed by atoms with Crippen molar-refractivity contribution in [2.45, 2.75) is 70.4 Å². The van der Waals surface area contributed by atoms with E-state index in [1.807, 2.05) is 28.8 Å². The highest BCUT2D eigenvalue weighted by Gasteiger charge is 2.29. The maximum absolute atomic E-state index is 11.5. The van der Waals surface area contributed by atoms with Gasteiger partial charge in [-0.25, -0.2) is 9.78 Å². The molecule has 1 aromatic heterocycles. The van der Waals surface area contributed by atoms with E-state index in [4.69, 9.17) is 21.4 Å². The molecule has 7 heteroatoms. The number of unbranched alkanes of at least 4 members (excludes halogenated alkanes) is 1. The quantitative estimate of drug-likeness (QED) is 0.454. The standard InChI is InChI=1S/C22H27ClN2O4/c1-2-3-8-20-24-21(23)18(14-26)25(20)13-15-9-11-16(12-10-15)17-6-4-5-7-19(17)29-22(27)28/h9-12,14,17,19H,2-8,13H2,1H3,(H,27,28)/t17-,19+/m0/s1. The number of ether oxygens (including phenoxy) is 1. The average molecular weight is 419 g/mol. The fourth-order valence-electron chi connectivity index (χ4n) is 4.10. The number of aromatic nitrogens is 2. The lowest BCUT2D eigenvalue weighted by molar-refractivity contribution is 0.0249. The van der Waals surface area contributed by atoms with Crippen molar-refractivity contribution in [1.29, 1.82) is 0 Å². The molecule has 0 amide bonds. The van der Waals surface area contributed by atoms with Crippen LogP contribution in [0.5, 0.6) is 0 Å². The molecule has 0 saturated heterocycles. The molecule has 1 aromatic carbocycles. The molecular formula is C22H27ClN2O4. The van der Waals surface area contributed by atoms with Crippen LogP contribution in [0.2, 0.25) is 5.15 Å². The number of carboxylic acid groups (broad SMARTS) is 1. The number of hydrogen-bond donors (Lipinski definition) is 1. The molecule has 3 rings (SSSR count). The van der Waals surface area contributed by atoms with Crippen molar-refractivity contribution in [1.82, 2.24) is 9.55 Å². The van der Waals surface area contributed by atoms with Crippen LogP contribution in [0.3, 0.4) is 0 Å². The number of benzene rings is 1. The van der Waals surface area contributed by atoms with Crippen LogP contribution in [0.4, 0.5) is 4.79 Å². The van der Waals surface area contributed by atoms with Crippen LogP contribution in [-0.4, -0.2) is 33.2 Å². The van der Waals surface area contributed by atoms with E-state index in [9.17, 15) is 9.59 Å². The van der Waals surface area contributed by atoms with Crippen LogP contribution in [0.1, 0.15) is 78.8 Å². The van der Waals surface area contributed by atoms with Crippen molar-refractivity contribution >= 4 is 24.0 Å². The van der Waals surface area contributed by atoms with Crippen molar-refractivity contribution in [2.24, 2.45) is 0 Å². The van der Waals surface area contributed by atoms with Gasteiger partial charge in [0, 0.05) is 18.9 Å². The smallest absolute Gasteiger partial charge is 0.450 e. The Bertz CT molecular complexity index is 847. The third-order valence-electron chi connectivity index (χ3n) is 5.61. The van der Waals surface area contributed by atoms with Gasteiger partial charge < -0.3 is 14.4 Å². The van der Waals surface area contributed by atoms with Gasteiger partial charge in [0.25, 0.3) is 0 Å². The minimum atomic E-state index is -1.21. The molecule has 1 aliphatic carbocycles. The third kappa shape index (κ3) is 5.18. The molecule has 2 aromatic rings. The van der Waals surface area contributed by atoms with Crippen LogP contribution in [0, 0.1) is 0 Å². The second kappa shape index (κ2) is 9.92. The molecule has 1 heterocycles. The first-order valence-corrected chi connectivity index (χ1v) is 10.6. The second-order valence-electron chi connectivity index (χ2n) is 7.57. The Kier molecular flexibility index (Phi) is 7.31. The van der Waals surface area contributed by atoms with Gasteiger partial charge in [-0.3, -0.25) is 4.79 Å². The van der Waals surface area contributed by atoms with Crippen molar-refractivity contribution in [3.8, 4) is 0 Å². The maximum Gasteiger partial charge on any atom is 0.506 e. The zero-order chi connectivity index (χ0) is 20.8. The Morgan fingerprint density at radius 1 is 1.31 bits per heavy atom. The fourth-order valence-corrected chi connectivity index (χ4v) is 4.34. The number of hydrogen-bond acceptors (Lipinski definition) is 4. The van der Waals surface area contributed by atoms with Gasteiger partial charge in [-0.05, 0) is 36.8 Å². The van der Waals surface area contributed by atoms with Gasteiger partial charge in [0.1, 0.15) is 17.6 Å². The van der Waals surface area contributed by atoms with E-state index in [1.54, 1.807) is 0 Å². The van der Waals surface area contributed by atoms with Gasteiger partial charge in [0.15, 0.2) is 11.4 Å². The number of aryl methyl sites for hydroxylation is 1. The number of halogens is 1. The highest BCUT2D eigenvalue weighted by atomic mass is 35.5. The Morgan fingerprint density at radius 2 is 2.03 bits per heavy atom. The third-order valence-corrected chi connectivity index (χ3v) is 5.89. The normalized spacial score (nSPS) is 19.1.